The van der Waals surface area contributed by atoms with Crippen molar-refractivity contribution in [3.05, 3.63) is 35.4 Å². The van der Waals surface area contributed by atoms with Crippen molar-refractivity contribution in [3.63, 3.8) is 0 Å². The van der Waals surface area contributed by atoms with Gasteiger partial charge in [-0.05, 0) is 51.0 Å². The van der Waals surface area contributed by atoms with E-state index in [0.717, 1.165) is 0 Å². The molecule has 1 rings (SSSR count). The molecule has 0 saturated carbocycles. The van der Waals surface area contributed by atoms with E-state index in [0.29, 0.717) is 24.3 Å². The molecule has 0 aliphatic rings. The van der Waals surface area contributed by atoms with Gasteiger partial charge < -0.3 is 87.4 Å². The zero-order chi connectivity index (χ0) is 58.6. The lowest BCUT2D eigenvalue weighted by Crippen LogP contribution is -2.59. The molecule has 7 amide bonds. The summed E-state index contributed by atoms with van der Waals surface area (Å²) in [6, 6.07) is -4.00. The Labute approximate surface area is 447 Å². The van der Waals surface area contributed by atoms with E-state index in [1.807, 2.05) is 0 Å². The van der Waals surface area contributed by atoms with Gasteiger partial charge in [-0.1, -0.05) is 24.3 Å². The van der Waals surface area contributed by atoms with Crippen LogP contribution in [0.5, 0.6) is 0 Å². The molecule has 0 aliphatic heterocycles. The summed E-state index contributed by atoms with van der Waals surface area (Å²) in [5.41, 5.74) is 6.53. The molecule has 78 heavy (non-hydrogen) atoms. The van der Waals surface area contributed by atoms with Crippen LogP contribution in [-0.2, 0) is 82.9 Å². The monoisotopic (exact) mass is 1110 g/mol. The van der Waals surface area contributed by atoms with Gasteiger partial charge in [0.05, 0.1) is 45.7 Å². The maximum atomic E-state index is 14.0. The first-order chi connectivity index (χ1) is 36.9. The molecule has 0 heterocycles. The molecule has 436 valence electrons. The van der Waals surface area contributed by atoms with Crippen molar-refractivity contribution in [2.24, 2.45) is 5.73 Å². The standard InChI is InChI=1S/C48H72N8O22/c1-28(57)30-8-6-29(7-9-30)26-36(44(70)51-19-21-77-24-25-78-27-37(58)50-18-20-76-23-22-75-2)56-48(74)35(13-17-42(67)68)55-47(73)34(12-16-41(65)66)54-45(71)32(4-3-5-38(59)60)53-46(72)33(11-15-40(63)64)52-43(69)31(49)10-14-39(61)62/h6-9,31-36H,3-5,10-27,49H2,1-2H3,(H,50,58)(H,51,70)(H,52,69)(H,53,72)(H,54,71)(H,55,73)(H,56,74)(H,59,60)(H,61,62)(H,63,64)(H,65,66)(H,67,68)/t31-,32-,33-,34-,35-,36+/m1/s1. The molecule has 30 nitrogen and oxygen atoms in total. The Morgan fingerprint density at radius 1 is 0.462 bits per heavy atom. The molecule has 0 radical (unpaired) electrons. The summed E-state index contributed by atoms with van der Waals surface area (Å²) in [5.74, 6) is -14.2. The van der Waals surface area contributed by atoms with Crippen LogP contribution in [0.15, 0.2) is 24.3 Å². The van der Waals surface area contributed by atoms with Crippen molar-refractivity contribution in [2.45, 2.75) is 120 Å². The lowest BCUT2D eigenvalue weighted by atomic mass is 10.0. The van der Waals surface area contributed by atoms with Gasteiger partial charge in [-0.2, -0.15) is 0 Å². The minimum Gasteiger partial charge on any atom is -0.481 e. The number of ether oxygens (including phenoxy) is 4. The fourth-order valence-corrected chi connectivity index (χ4v) is 6.75. The first kappa shape index (κ1) is 68.3. The van der Waals surface area contributed by atoms with Gasteiger partial charge in [0.25, 0.3) is 0 Å². The number of amides is 7. The fourth-order valence-electron chi connectivity index (χ4n) is 6.75. The third-order valence-electron chi connectivity index (χ3n) is 10.9. The molecule has 0 bridgehead atoms. The number of nitrogens with one attached hydrogen (secondary N) is 7. The molecular formula is C48H72N8O22. The lowest BCUT2D eigenvalue weighted by Gasteiger charge is -2.27. The van der Waals surface area contributed by atoms with Crippen molar-refractivity contribution in [3.8, 4) is 0 Å². The highest BCUT2D eigenvalue weighted by Crippen LogP contribution is 2.12. The smallest absolute Gasteiger partial charge is 0.303 e. The number of benzene rings is 1. The molecule has 0 saturated heterocycles. The molecule has 1 aromatic rings. The Kier molecular flexibility index (Phi) is 34.0. The number of hydrogen-bond acceptors (Lipinski definition) is 18. The molecule has 0 fully saturated rings. The molecular weight excluding hydrogens is 1040 g/mol. The maximum absolute atomic E-state index is 14.0. The zero-order valence-corrected chi connectivity index (χ0v) is 43.4. The SMILES string of the molecule is COCCOCCNC(=O)COCCOCCNC(=O)[C@H](Cc1ccc(C(C)=O)cc1)NC(=O)[C@@H](CCC(=O)O)NC(=O)[C@@H](CCC(=O)O)NC(=O)[C@@H](CCCC(=O)O)NC(=O)[C@@H](CCC(=O)O)NC(=O)[C@H](N)CCC(=O)O. The van der Waals surface area contributed by atoms with Crippen LogP contribution in [0.3, 0.4) is 0 Å². The lowest BCUT2D eigenvalue weighted by molar-refractivity contribution is -0.140. The molecule has 6 atom stereocenters. The summed E-state index contributed by atoms with van der Waals surface area (Å²) in [6.07, 6.45) is -6.58. The summed E-state index contributed by atoms with van der Waals surface area (Å²) in [5, 5.41) is 63.3. The minimum absolute atomic E-state index is 0.0161. The number of hydrogen-bond donors (Lipinski definition) is 13. The molecule has 30 heteroatoms. The molecule has 0 aromatic heterocycles. The minimum atomic E-state index is -1.86. The predicted octanol–water partition coefficient (Wildman–Crippen LogP) is -3.17. The topological polar surface area (TPSA) is 470 Å². The Hall–Kier alpha value is -7.67. The van der Waals surface area contributed by atoms with Crippen LogP contribution in [-0.4, -0.2) is 205 Å². The van der Waals surface area contributed by atoms with Crippen molar-refractivity contribution in [1.29, 1.82) is 0 Å². The third kappa shape index (κ3) is 31.4. The van der Waals surface area contributed by atoms with Crippen LogP contribution in [0.2, 0.25) is 0 Å². The third-order valence-corrected chi connectivity index (χ3v) is 10.9. The highest BCUT2D eigenvalue weighted by molar-refractivity contribution is 5.97. The van der Waals surface area contributed by atoms with E-state index < -0.39 is 159 Å². The summed E-state index contributed by atoms with van der Waals surface area (Å²) in [6.45, 7) is 2.27. The first-order valence-corrected chi connectivity index (χ1v) is 24.7. The highest BCUT2D eigenvalue weighted by atomic mass is 16.5. The Morgan fingerprint density at radius 3 is 1.31 bits per heavy atom. The predicted molar refractivity (Wildman–Crippen MR) is 267 cm³/mol. The van der Waals surface area contributed by atoms with Gasteiger partial charge in [0.2, 0.25) is 41.4 Å². The van der Waals surface area contributed by atoms with E-state index in [9.17, 15) is 82.8 Å². The summed E-state index contributed by atoms with van der Waals surface area (Å²) in [4.78, 5) is 163. The maximum Gasteiger partial charge on any atom is 0.303 e. The van der Waals surface area contributed by atoms with Gasteiger partial charge in [-0.3, -0.25) is 62.3 Å². The molecule has 0 spiro atoms. The Balaban J connectivity index is 3.35. The number of carbonyl (C=O) groups is 13. The van der Waals surface area contributed by atoms with E-state index in [1.165, 1.54) is 38.3 Å². The van der Waals surface area contributed by atoms with Crippen LogP contribution < -0.4 is 43.0 Å². The molecule has 0 unspecified atom stereocenters. The average Bonchev–Trinajstić information content (AvgIpc) is 3.37. The molecule has 0 aliphatic carbocycles. The van der Waals surface area contributed by atoms with Gasteiger partial charge >= 0.3 is 29.8 Å². The average molecular weight is 1110 g/mol. The number of aliphatic carboxylic acids is 5. The van der Waals surface area contributed by atoms with Crippen LogP contribution in [0.1, 0.15) is 93.5 Å². The largest absolute Gasteiger partial charge is 0.481 e. The highest BCUT2D eigenvalue weighted by Gasteiger charge is 2.34. The van der Waals surface area contributed by atoms with Crippen molar-refractivity contribution in [1.82, 2.24) is 37.2 Å². The van der Waals surface area contributed by atoms with Crippen LogP contribution in [0.4, 0.5) is 0 Å². The van der Waals surface area contributed by atoms with Crippen molar-refractivity contribution >= 4 is 77.0 Å². The fraction of sp³-hybridized carbons (Fsp3) is 0.604. The van der Waals surface area contributed by atoms with Crippen LogP contribution >= 0.6 is 0 Å². The van der Waals surface area contributed by atoms with Gasteiger partial charge in [0.15, 0.2) is 5.78 Å². The Bertz CT molecular complexity index is 2180. The van der Waals surface area contributed by atoms with Crippen LogP contribution in [0.25, 0.3) is 0 Å². The van der Waals surface area contributed by atoms with Crippen molar-refractivity contribution in [2.75, 3.05) is 66.4 Å². The number of carboxylic acids is 5. The normalized spacial score (nSPS) is 13.2. The number of carbonyl (C=O) groups excluding carboxylic acids is 8. The van der Waals surface area contributed by atoms with Gasteiger partial charge in [0.1, 0.15) is 36.8 Å². The molecule has 14 N–H and O–H groups in total. The quantitative estimate of drug-likeness (QED) is 0.0226. The van der Waals surface area contributed by atoms with Crippen molar-refractivity contribution < 1.29 is 107 Å². The number of carboxylic acid groups (broad SMARTS) is 5. The van der Waals surface area contributed by atoms with Crippen LogP contribution in [0, 0.1) is 0 Å². The number of ketones is 1. The first-order valence-electron chi connectivity index (χ1n) is 24.7. The van der Waals surface area contributed by atoms with E-state index in [1.54, 1.807) is 0 Å². The van der Waals surface area contributed by atoms with E-state index in [4.69, 9.17) is 29.8 Å². The Morgan fingerprint density at radius 2 is 0.859 bits per heavy atom. The summed E-state index contributed by atoms with van der Waals surface area (Å²) < 4.78 is 20.9. The second-order valence-corrected chi connectivity index (χ2v) is 17.3. The van der Waals surface area contributed by atoms with Gasteiger partial charge in [-0.25, -0.2) is 0 Å². The number of Topliss-reactive ketones (excluding diaryl/α,β-unsaturated/α-hetero) is 1. The van der Waals surface area contributed by atoms with E-state index in [2.05, 4.69) is 37.2 Å². The number of rotatable bonds is 44. The van der Waals surface area contributed by atoms with E-state index >= 15 is 0 Å². The van der Waals surface area contributed by atoms with Gasteiger partial charge in [0, 0.05) is 64.3 Å². The second kappa shape index (κ2) is 38.8. The number of nitrogens with two attached hydrogens (primary N) is 1. The van der Waals surface area contributed by atoms with Gasteiger partial charge in [-0.15, -0.1) is 0 Å². The summed E-state index contributed by atoms with van der Waals surface area (Å²) in [7, 11) is 1.53. The zero-order valence-electron chi connectivity index (χ0n) is 43.4. The second-order valence-electron chi connectivity index (χ2n) is 17.3. The number of methoxy groups -OCH3 is 1. The van der Waals surface area contributed by atoms with E-state index in [-0.39, 0.29) is 77.1 Å². The molecule has 1 aromatic carbocycles. The summed E-state index contributed by atoms with van der Waals surface area (Å²) >= 11 is 0.